The standard InChI is InChI=1S/C12H18N2O2/c1-12(2,3)7-10-13-11(16-14-10)6-9(15)8-4-5-8/h8H,4-7H2,1-3H3. The Hall–Kier alpha value is -1.19. The van der Waals surface area contributed by atoms with E-state index in [0.29, 0.717) is 18.1 Å². The third-order valence-corrected chi connectivity index (χ3v) is 2.56. The van der Waals surface area contributed by atoms with Crippen LogP contribution in [0.15, 0.2) is 4.52 Å². The first-order valence-electron chi connectivity index (χ1n) is 5.78. The van der Waals surface area contributed by atoms with Crippen LogP contribution in [-0.4, -0.2) is 15.9 Å². The van der Waals surface area contributed by atoms with Gasteiger partial charge in [-0.3, -0.25) is 4.79 Å². The molecule has 4 heteroatoms. The lowest BCUT2D eigenvalue weighted by Crippen LogP contribution is -2.10. The van der Waals surface area contributed by atoms with Gasteiger partial charge in [-0.05, 0) is 18.3 Å². The number of rotatable bonds is 4. The number of ketones is 1. The predicted molar refractivity (Wildman–Crippen MR) is 58.9 cm³/mol. The molecule has 0 saturated heterocycles. The maximum absolute atomic E-state index is 11.5. The fourth-order valence-corrected chi connectivity index (χ4v) is 1.61. The molecule has 0 amide bonds. The second kappa shape index (κ2) is 4.00. The van der Waals surface area contributed by atoms with Crippen LogP contribution in [0.25, 0.3) is 0 Å². The third-order valence-electron chi connectivity index (χ3n) is 2.56. The number of carbonyl (C=O) groups is 1. The van der Waals surface area contributed by atoms with E-state index in [4.69, 9.17) is 4.52 Å². The molecule has 1 fully saturated rings. The molecule has 0 bridgehead atoms. The van der Waals surface area contributed by atoms with Crippen LogP contribution >= 0.6 is 0 Å². The van der Waals surface area contributed by atoms with Gasteiger partial charge in [0.1, 0.15) is 5.78 Å². The van der Waals surface area contributed by atoms with Crippen molar-refractivity contribution in [2.45, 2.75) is 46.5 Å². The molecule has 0 atom stereocenters. The number of nitrogens with zero attached hydrogens (tertiary/aromatic N) is 2. The number of hydrogen-bond donors (Lipinski definition) is 0. The molecule has 0 unspecified atom stereocenters. The van der Waals surface area contributed by atoms with Crippen LogP contribution in [0.4, 0.5) is 0 Å². The second-order valence-corrected chi connectivity index (χ2v) is 5.76. The smallest absolute Gasteiger partial charge is 0.234 e. The molecule has 0 spiro atoms. The maximum Gasteiger partial charge on any atom is 0.234 e. The summed E-state index contributed by atoms with van der Waals surface area (Å²) in [5, 5.41) is 3.90. The highest BCUT2D eigenvalue weighted by Gasteiger charge is 2.30. The fraction of sp³-hybridized carbons (Fsp3) is 0.750. The molecule has 0 aromatic carbocycles. The van der Waals surface area contributed by atoms with E-state index in [2.05, 4.69) is 30.9 Å². The summed E-state index contributed by atoms with van der Waals surface area (Å²) in [6.45, 7) is 6.37. The number of carbonyl (C=O) groups excluding carboxylic acids is 1. The topological polar surface area (TPSA) is 56.0 Å². The Bertz CT molecular complexity index is 386. The van der Waals surface area contributed by atoms with Gasteiger partial charge in [-0.2, -0.15) is 4.98 Å². The zero-order valence-electron chi connectivity index (χ0n) is 10.1. The lowest BCUT2D eigenvalue weighted by Gasteiger charge is -2.14. The van der Waals surface area contributed by atoms with E-state index in [9.17, 15) is 4.79 Å². The highest BCUT2D eigenvalue weighted by Crippen LogP contribution is 2.30. The first-order valence-corrected chi connectivity index (χ1v) is 5.78. The molecule has 0 aliphatic heterocycles. The average Bonchev–Trinajstić information content (AvgIpc) is 2.89. The molecule has 1 aliphatic carbocycles. The monoisotopic (exact) mass is 222 g/mol. The first kappa shape index (κ1) is 11.3. The minimum atomic E-state index is 0.141. The van der Waals surface area contributed by atoms with E-state index in [1.165, 1.54) is 0 Å². The van der Waals surface area contributed by atoms with Crippen molar-refractivity contribution >= 4 is 5.78 Å². The summed E-state index contributed by atoms with van der Waals surface area (Å²) in [6.07, 6.45) is 3.14. The van der Waals surface area contributed by atoms with Gasteiger partial charge in [0.25, 0.3) is 0 Å². The van der Waals surface area contributed by atoms with Gasteiger partial charge in [-0.15, -0.1) is 0 Å². The quantitative estimate of drug-likeness (QED) is 0.783. The van der Waals surface area contributed by atoms with Crippen molar-refractivity contribution in [1.82, 2.24) is 10.1 Å². The molecule has 0 N–H and O–H groups in total. The van der Waals surface area contributed by atoms with Gasteiger partial charge in [0.05, 0.1) is 6.42 Å². The SMILES string of the molecule is CC(C)(C)Cc1noc(CC(=O)C2CC2)n1. The van der Waals surface area contributed by atoms with E-state index in [1.807, 2.05) is 0 Å². The fourth-order valence-electron chi connectivity index (χ4n) is 1.61. The molecule has 1 aliphatic rings. The van der Waals surface area contributed by atoms with Crippen LogP contribution < -0.4 is 0 Å². The van der Waals surface area contributed by atoms with E-state index < -0.39 is 0 Å². The van der Waals surface area contributed by atoms with E-state index in [1.54, 1.807) is 0 Å². The molecule has 88 valence electrons. The summed E-state index contributed by atoms with van der Waals surface area (Å²) >= 11 is 0. The highest BCUT2D eigenvalue weighted by molar-refractivity contribution is 5.84. The molecule has 4 nitrogen and oxygen atoms in total. The van der Waals surface area contributed by atoms with Crippen LogP contribution in [-0.2, 0) is 17.6 Å². The van der Waals surface area contributed by atoms with Crippen molar-refractivity contribution < 1.29 is 9.32 Å². The molecule has 1 aromatic rings. The van der Waals surface area contributed by atoms with Crippen molar-refractivity contribution in [2.75, 3.05) is 0 Å². The van der Waals surface area contributed by atoms with Crippen LogP contribution in [0.2, 0.25) is 0 Å². The summed E-state index contributed by atoms with van der Waals surface area (Å²) in [6, 6.07) is 0. The van der Waals surface area contributed by atoms with Crippen LogP contribution in [0, 0.1) is 11.3 Å². The van der Waals surface area contributed by atoms with Crippen molar-refractivity contribution in [3.05, 3.63) is 11.7 Å². The van der Waals surface area contributed by atoms with E-state index >= 15 is 0 Å². The Morgan fingerprint density at radius 3 is 2.69 bits per heavy atom. The van der Waals surface area contributed by atoms with Crippen molar-refractivity contribution in [1.29, 1.82) is 0 Å². The minimum Gasteiger partial charge on any atom is -0.339 e. The molecule has 16 heavy (non-hydrogen) atoms. The van der Waals surface area contributed by atoms with Gasteiger partial charge in [0.2, 0.25) is 5.89 Å². The number of hydrogen-bond acceptors (Lipinski definition) is 4. The van der Waals surface area contributed by atoms with Crippen LogP contribution in [0.3, 0.4) is 0 Å². The zero-order valence-corrected chi connectivity index (χ0v) is 10.1. The maximum atomic E-state index is 11.5. The van der Waals surface area contributed by atoms with Gasteiger partial charge < -0.3 is 4.52 Å². The molecule has 1 saturated carbocycles. The summed E-state index contributed by atoms with van der Waals surface area (Å²) < 4.78 is 5.08. The van der Waals surface area contributed by atoms with Gasteiger partial charge in [-0.25, -0.2) is 0 Å². The molecular formula is C12H18N2O2. The molecule has 0 radical (unpaired) electrons. The molecular weight excluding hydrogens is 204 g/mol. The molecule has 1 heterocycles. The summed E-state index contributed by atoms with van der Waals surface area (Å²) in [5.41, 5.74) is 0.141. The summed E-state index contributed by atoms with van der Waals surface area (Å²) in [4.78, 5) is 15.8. The Kier molecular flexibility index (Phi) is 2.82. The lowest BCUT2D eigenvalue weighted by molar-refractivity contribution is -0.119. The number of aromatic nitrogens is 2. The Balaban J connectivity index is 1.93. The van der Waals surface area contributed by atoms with Gasteiger partial charge in [0, 0.05) is 12.3 Å². The average molecular weight is 222 g/mol. The third kappa shape index (κ3) is 3.15. The largest absolute Gasteiger partial charge is 0.339 e. The van der Waals surface area contributed by atoms with Crippen molar-refractivity contribution in [3.8, 4) is 0 Å². The summed E-state index contributed by atoms with van der Waals surface area (Å²) in [7, 11) is 0. The second-order valence-electron chi connectivity index (χ2n) is 5.76. The highest BCUT2D eigenvalue weighted by atomic mass is 16.5. The van der Waals surface area contributed by atoms with Crippen molar-refractivity contribution in [3.63, 3.8) is 0 Å². The Labute approximate surface area is 95.4 Å². The van der Waals surface area contributed by atoms with E-state index in [0.717, 1.165) is 19.3 Å². The van der Waals surface area contributed by atoms with Crippen LogP contribution in [0.5, 0.6) is 0 Å². The first-order chi connectivity index (χ1) is 7.44. The van der Waals surface area contributed by atoms with Gasteiger partial charge in [0.15, 0.2) is 5.82 Å². The molecule has 2 rings (SSSR count). The summed E-state index contributed by atoms with van der Waals surface area (Å²) in [5.74, 6) is 1.67. The molecule has 1 aromatic heterocycles. The Morgan fingerprint density at radius 1 is 1.44 bits per heavy atom. The predicted octanol–water partition coefficient (Wildman–Crippen LogP) is 2.18. The zero-order chi connectivity index (χ0) is 11.8. The van der Waals surface area contributed by atoms with Crippen molar-refractivity contribution in [2.24, 2.45) is 11.3 Å². The lowest BCUT2D eigenvalue weighted by atomic mass is 9.92. The van der Waals surface area contributed by atoms with Gasteiger partial charge in [-0.1, -0.05) is 25.9 Å². The Morgan fingerprint density at radius 2 is 2.12 bits per heavy atom. The van der Waals surface area contributed by atoms with Gasteiger partial charge >= 0.3 is 0 Å². The number of Topliss-reactive ketones (excluding diaryl/α,β-unsaturated/α-hetero) is 1. The van der Waals surface area contributed by atoms with Crippen LogP contribution in [0.1, 0.15) is 45.3 Å². The van der Waals surface area contributed by atoms with E-state index in [-0.39, 0.29) is 17.1 Å². The minimum absolute atomic E-state index is 0.141. The normalized spacial score (nSPS) is 16.4.